The molecule has 0 fully saturated rings. The molecule has 1 amide bonds. The van der Waals surface area contributed by atoms with Gasteiger partial charge in [-0.05, 0) is 74.4 Å². The molecule has 35 heavy (non-hydrogen) atoms. The molecule has 0 bridgehead atoms. The molecular formula is C24H36N3O7P. The maximum atomic E-state index is 13.3. The third kappa shape index (κ3) is 5.27. The van der Waals surface area contributed by atoms with E-state index in [-0.39, 0.29) is 5.82 Å². The molecule has 0 saturated carbocycles. The molecule has 0 aliphatic heterocycles. The van der Waals surface area contributed by atoms with Gasteiger partial charge in [0.2, 0.25) is 0 Å². The zero-order chi connectivity index (χ0) is 27.2. The van der Waals surface area contributed by atoms with E-state index in [4.69, 9.17) is 4.74 Å². The van der Waals surface area contributed by atoms with Gasteiger partial charge in [-0.25, -0.2) is 4.79 Å². The van der Waals surface area contributed by atoms with Crippen molar-refractivity contribution >= 4 is 19.3 Å². The quantitative estimate of drug-likeness (QED) is 0.396. The molecule has 2 rings (SSSR count). The van der Waals surface area contributed by atoms with Crippen molar-refractivity contribution in [1.29, 1.82) is 0 Å². The summed E-state index contributed by atoms with van der Waals surface area (Å²) in [6.45, 7) is 13.4. The van der Waals surface area contributed by atoms with E-state index in [2.05, 4.69) is 10.3 Å². The molecule has 0 spiro atoms. The first-order valence-electron chi connectivity index (χ1n) is 11.1. The molecule has 0 saturated heterocycles. The van der Waals surface area contributed by atoms with Gasteiger partial charge < -0.3 is 24.9 Å². The van der Waals surface area contributed by atoms with Gasteiger partial charge in [-0.1, -0.05) is 18.2 Å². The van der Waals surface area contributed by atoms with Gasteiger partial charge in [0.1, 0.15) is 11.4 Å². The third-order valence-corrected chi connectivity index (χ3v) is 8.44. The maximum Gasteiger partial charge on any atom is 0.356 e. The molecule has 0 unspecified atom stereocenters. The molecule has 11 heteroatoms. The van der Waals surface area contributed by atoms with Crippen LogP contribution in [0.1, 0.15) is 70.1 Å². The highest BCUT2D eigenvalue weighted by molar-refractivity contribution is 7.53. The summed E-state index contributed by atoms with van der Waals surface area (Å²) >= 11 is 0. The minimum Gasteiger partial charge on any atom is -0.387 e. The highest BCUT2D eigenvalue weighted by Crippen LogP contribution is 2.55. The lowest BCUT2D eigenvalue weighted by Gasteiger charge is -2.54. The fourth-order valence-corrected chi connectivity index (χ4v) is 4.33. The van der Waals surface area contributed by atoms with Gasteiger partial charge in [0, 0.05) is 16.8 Å². The van der Waals surface area contributed by atoms with E-state index in [1.54, 1.807) is 58.0 Å². The molecule has 1 aromatic heterocycles. The van der Waals surface area contributed by atoms with Crippen LogP contribution in [0.2, 0.25) is 0 Å². The van der Waals surface area contributed by atoms with Crippen LogP contribution >= 0.6 is 7.60 Å². The molecule has 2 aromatic rings. The van der Waals surface area contributed by atoms with E-state index in [1.807, 2.05) is 0 Å². The molecule has 4 N–H and O–H groups in total. The van der Waals surface area contributed by atoms with E-state index >= 15 is 0 Å². The number of anilines is 1. The van der Waals surface area contributed by atoms with Crippen LogP contribution in [0.3, 0.4) is 0 Å². The fraction of sp³-hybridized carbons (Fsp3) is 0.542. The first-order chi connectivity index (χ1) is 15.7. The smallest absolute Gasteiger partial charge is 0.356 e. The van der Waals surface area contributed by atoms with Crippen LogP contribution in [0.4, 0.5) is 5.82 Å². The lowest BCUT2D eigenvalue weighted by molar-refractivity contribution is -0.237. The predicted octanol–water partition coefficient (Wildman–Crippen LogP) is 3.31. The van der Waals surface area contributed by atoms with Gasteiger partial charge in [-0.15, -0.1) is 0 Å². The Hall–Kier alpha value is -2.36. The Morgan fingerprint density at radius 2 is 1.54 bits per heavy atom. The van der Waals surface area contributed by atoms with Crippen molar-refractivity contribution in [2.75, 3.05) is 5.32 Å². The number of rotatable bonds is 8. The molecule has 1 atom stereocenters. The number of ether oxygens (including phenoxy) is 1. The lowest BCUT2D eigenvalue weighted by atomic mass is 9.72. The first-order valence-corrected chi connectivity index (χ1v) is 12.7. The summed E-state index contributed by atoms with van der Waals surface area (Å²) in [5.74, 6) is -0.333. The number of aliphatic hydroxyl groups is 1. The second kappa shape index (κ2) is 9.26. The monoisotopic (exact) mass is 509 g/mol. The second-order valence-corrected chi connectivity index (χ2v) is 12.5. The number of hydrogen-bond donors (Lipinski definition) is 4. The van der Waals surface area contributed by atoms with Gasteiger partial charge in [0.25, 0.3) is 5.91 Å². The topological polar surface area (TPSA) is 151 Å². The van der Waals surface area contributed by atoms with Gasteiger partial charge >= 0.3 is 13.3 Å². The molecule has 10 nitrogen and oxygen atoms in total. The fourth-order valence-electron chi connectivity index (χ4n) is 4.03. The van der Waals surface area contributed by atoms with Crippen molar-refractivity contribution in [3.8, 4) is 0 Å². The Kier molecular flexibility index (Phi) is 7.64. The summed E-state index contributed by atoms with van der Waals surface area (Å²) in [6.07, 6.45) is 0. The van der Waals surface area contributed by atoms with Crippen molar-refractivity contribution in [1.82, 2.24) is 9.55 Å². The van der Waals surface area contributed by atoms with Crippen molar-refractivity contribution in [3.63, 3.8) is 0 Å². The molecule has 0 aliphatic carbocycles. The van der Waals surface area contributed by atoms with E-state index in [0.717, 1.165) is 0 Å². The van der Waals surface area contributed by atoms with Crippen LogP contribution < -0.4 is 11.0 Å². The predicted molar refractivity (Wildman–Crippen MR) is 134 cm³/mol. The van der Waals surface area contributed by atoms with Gasteiger partial charge in [-0.3, -0.25) is 13.9 Å². The lowest BCUT2D eigenvalue weighted by Crippen LogP contribution is -2.67. The normalized spacial score (nSPS) is 15.0. The van der Waals surface area contributed by atoms with Crippen molar-refractivity contribution in [2.45, 2.75) is 84.4 Å². The number of carbonyl (C=O) groups is 1. The Labute approximate surface area is 205 Å². The Balaban J connectivity index is 2.66. The van der Waals surface area contributed by atoms with Crippen molar-refractivity contribution in [3.05, 3.63) is 57.6 Å². The summed E-state index contributed by atoms with van der Waals surface area (Å²) in [6, 6.07) is 8.49. The van der Waals surface area contributed by atoms with Crippen LogP contribution in [-0.2, 0) is 14.8 Å². The van der Waals surface area contributed by atoms with E-state index < -0.39 is 41.3 Å². The van der Waals surface area contributed by atoms with Crippen LogP contribution in [-0.4, -0.2) is 46.9 Å². The number of carbonyl (C=O) groups excluding carboxylic acids is 1. The zero-order valence-electron chi connectivity index (χ0n) is 21.7. The summed E-state index contributed by atoms with van der Waals surface area (Å²) in [7, 11) is -4.77. The van der Waals surface area contributed by atoms with Gasteiger partial charge in [0.15, 0.2) is 5.34 Å². The standard InChI is InChI=1S/C24H36N3O7P/c1-15-16(2)27(20(29)26-18(15)25-19(28)17-13-11-10-12-14-17)21(3,4)24(9,22(5,6)30)34-23(7,8)35(31,32)33/h10-14,30H,1-9H3,(H2,31,32,33)(H,25,26,28,29)/t24-/m0/s1. The minimum atomic E-state index is -4.77. The van der Waals surface area contributed by atoms with E-state index in [1.165, 1.54) is 39.2 Å². The van der Waals surface area contributed by atoms with Crippen LogP contribution in [0.25, 0.3) is 0 Å². The summed E-state index contributed by atoms with van der Waals surface area (Å²) in [5, 5.41) is 11.8. The van der Waals surface area contributed by atoms with Crippen LogP contribution in [0.15, 0.2) is 35.1 Å². The summed E-state index contributed by atoms with van der Waals surface area (Å²) < 4.78 is 19.5. The highest BCUT2D eigenvalue weighted by atomic mass is 31.2. The average Bonchev–Trinajstić information content (AvgIpc) is 2.70. The third-order valence-electron chi connectivity index (χ3n) is 6.95. The maximum absolute atomic E-state index is 13.3. The van der Waals surface area contributed by atoms with Gasteiger partial charge in [-0.2, -0.15) is 4.98 Å². The second-order valence-electron chi connectivity index (χ2n) is 10.4. The molecule has 1 aromatic carbocycles. The average molecular weight is 510 g/mol. The SMILES string of the molecule is Cc1c(NC(=O)c2ccccc2)nc(=O)n(C(C)(C)[C@](C)(OC(C)(C)P(=O)(O)O)C(C)(C)O)c1C. The van der Waals surface area contributed by atoms with Crippen LogP contribution in [0.5, 0.6) is 0 Å². The Morgan fingerprint density at radius 1 is 1.03 bits per heavy atom. The molecule has 0 radical (unpaired) electrons. The van der Waals surface area contributed by atoms with Crippen LogP contribution in [0, 0.1) is 13.8 Å². The molecule has 194 valence electrons. The van der Waals surface area contributed by atoms with Crippen molar-refractivity contribution in [2.24, 2.45) is 0 Å². The van der Waals surface area contributed by atoms with E-state index in [9.17, 15) is 29.0 Å². The Morgan fingerprint density at radius 3 is 2.00 bits per heavy atom. The Bertz CT molecular complexity index is 1210. The number of benzene rings is 1. The number of aromatic nitrogens is 2. The summed E-state index contributed by atoms with van der Waals surface area (Å²) in [5.41, 5.74) is -4.10. The zero-order valence-corrected chi connectivity index (χ0v) is 22.6. The first kappa shape index (κ1) is 28.9. The largest absolute Gasteiger partial charge is 0.387 e. The van der Waals surface area contributed by atoms with E-state index in [0.29, 0.717) is 16.8 Å². The van der Waals surface area contributed by atoms with Gasteiger partial charge in [0.05, 0.1) is 11.1 Å². The summed E-state index contributed by atoms with van der Waals surface area (Å²) in [4.78, 5) is 49.8. The molecule has 0 aliphatic rings. The number of nitrogens with one attached hydrogen (secondary N) is 1. The molecule has 1 heterocycles. The van der Waals surface area contributed by atoms with Crippen molar-refractivity contribution < 1.29 is 29.0 Å². The minimum absolute atomic E-state index is 0.0924. The highest BCUT2D eigenvalue weighted by Gasteiger charge is 2.59. The number of amides is 1. The number of nitrogens with zero attached hydrogens (tertiary/aromatic N) is 2. The molecular weight excluding hydrogens is 473 g/mol. The number of hydrogen-bond acceptors (Lipinski definition) is 6.